The lowest BCUT2D eigenvalue weighted by atomic mass is 10.1. The van der Waals surface area contributed by atoms with E-state index in [0.29, 0.717) is 5.56 Å². The molecule has 134 valence electrons. The van der Waals surface area contributed by atoms with Crippen LogP contribution in [0.15, 0.2) is 36.7 Å². The van der Waals surface area contributed by atoms with Crippen LogP contribution in [0, 0.1) is 0 Å². The Kier molecular flexibility index (Phi) is 3.90. The molecule has 0 bridgehead atoms. The van der Waals surface area contributed by atoms with Crippen molar-refractivity contribution in [1.29, 1.82) is 0 Å². The summed E-state index contributed by atoms with van der Waals surface area (Å²) in [6, 6.07) is 6.90. The lowest BCUT2D eigenvalue weighted by molar-refractivity contribution is 0.0714. The summed E-state index contributed by atoms with van der Waals surface area (Å²) in [4.78, 5) is 28.6. The number of nitrogens with zero attached hydrogens (tertiary/aromatic N) is 4. The predicted octanol–water partition coefficient (Wildman–Crippen LogP) is 1.11. The highest BCUT2D eigenvalue weighted by Gasteiger charge is 2.36. The van der Waals surface area contributed by atoms with Gasteiger partial charge in [-0.3, -0.25) is 9.59 Å². The van der Waals surface area contributed by atoms with Crippen molar-refractivity contribution in [3.05, 3.63) is 47.9 Å². The number of nitrogens with two attached hydrogens (primary N) is 1. The number of amides is 2. The van der Waals surface area contributed by atoms with Gasteiger partial charge in [0.15, 0.2) is 5.69 Å². The van der Waals surface area contributed by atoms with Gasteiger partial charge in [-0.15, -0.1) is 5.10 Å². The van der Waals surface area contributed by atoms with Crippen molar-refractivity contribution in [1.82, 2.24) is 24.9 Å². The number of hydrogen-bond acceptors (Lipinski definition) is 4. The number of primary amides is 1. The number of fused-ring (bicyclic) bond motifs is 1. The molecular weight excluding hydrogens is 339 g/mol. The minimum Gasteiger partial charge on any atom is -0.364 e. The zero-order valence-corrected chi connectivity index (χ0v) is 13.8. The van der Waals surface area contributed by atoms with Gasteiger partial charge in [-0.2, -0.15) is 0 Å². The van der Waals surface area contributed by atoms with Gasteiger partial charge in [0, 0.05) is 23.7 Å². The largest absolute Gasteiger partial charge is 0.364 e. The summed E-state index contributed by atoms with van der Waals surface area (Å²) in [5, 5.41) is 8.50. The Morgan fingerprint density at radius 3 is 2.96 bits per heavy atom. The number of aromatic nitrogens is 4. The highest BCUT2D eigenvalue weighted by Crippen LogP contribution is 2.25. The average molecular weight is 356 g/mol. The molecule has 3 aromatic rings. The molecule has 1 fully saturated rings. The first-order valence-corrected chi connectivity index (χ1v) is 8.23. The number of H-pyrrole nitrogens is 1. The van der Waals surface area contributed by atoms with Crippen LogP contribution >= 0.6 is 0 Å². The zero-order chi connectivity index (χ0) is 18.3. The third-order valence-electron chi connectivity index (χ3n) is 4.62. The number of carbonyl (C=O) groups excluding carboxylic acids is 2. The van der Waals surface area contributed by atoms with E-state index in [9.17, 15) is 14.0 Å². The smallest absolute Gasteiger partial charge is 0.270 e. The standard InChI is InChI=1S/C17H17FN6O2/c18-12-6-13(8-23-9-15(16(19)25)21-22-23)24(7-12)17(26)11-2-1-10-3-4-20-14(10)5-11/h1-5,9,12-13,20H,6-8H2,(H2,19,25). The monoisotopic (exact) mass is 356 g/mol. The Morgan fingerprint density at radius 2 is 2.19 bits per heavy atom. The first-order chi connectivity index (χ1) is 12.5. The molecule has 2 unspecified atom stereocenters. The van der Waals surface area contributed by atoms with E-state index >= 15 is 0 Å². The zero-order valence-electron chi connectivity index (χ0n) is 13.8. The van der Waals surface area contributed by atoms with Crippen molar-refractivity contribution < 1.29 is 14.0 Å². The number of alkyl halides is 1. The third kappa shape index (κ3) is 2.92. The van der Waals surface area contributed by atoms with E-state index in [4.69, 9.17) is 5.73 Å². The van der Waals surface area contributed by atoms with E-state index in [-0.39, 0.29) is 37.2 Å². The fourth-order valence-electron chi connectivity index (χ4n) is 3.34. The van der Waals surface area contributed by atoms with Crippen LogP contribution in [0.25, 0.3) is 10.9 Å². The molecule has 0 saturated carbocycles. The van der Waals surface area contributed by atoms with Crippen LogP contribution < -0.4 is 5.73 Å². The van der Waals surface area contributed by atoms with Crippen LogP contribution in [0.1, 0.15) is 27.3 Å². The molecule has 0 radical (unpaired) electrons. The second-order valence-corrected chi connectivity index (χ2v) is 6.41. The van der Waals surface area contributed by atoms with E-state index < -0.39 is 12.1 Å². The maximum atomic E-state index is 14.0. The van der Waals surface area contributed by atoms with Gasteiger partial charge in [0.1, 0.15) is 6.17 Å². The van der Waals surface area contributed by atoms with Gasteiger partial charge in [-0.25, -0.2) is 9.07 Å². The number of likely N-dealkylation sites (tertiary alicyclic amines) is 1. The molecule has 1 saturated heterocycles. The van der Waals surface area contributed by atoms with E-state index in [1.54, 1.807) is 18.3 Å². The Labute approximate surface area is 147 Å². The first-order valence-electron chi connectivity index (χ1n) is 8.23. The summed E-state index contributed by atoms with van der Waals surface area (Å²) < 4.78 is 15.4. The lowest BCUT2D eigenvalue weighted by Crippen LogP contribution is -2.38. The molecule has 1 aliphatic heterocycles. The molecule has 4 rings (SSSR count). The van der Waals surface area contributed by atoms with Crippen LogP contribution in [0.5, 0.6) is 0 Å². The fourth-order valence-corrected chi connectivity index (χ4v) is 3.34. The van der Waals surface area contributed by atoms with Gasteiger partial charge >= 0.3 is 0 Å². The molecule has 1 aliphatic rings. The van der Waals surface area contributed by atoms with Crippen LogP contribution in [0.3, 0.4) is 0 Å². The third-order valence-corrected chi connectivity index (χ3v) is 4.62. The Balaban J connectivity index is 1.56. The maximum Gasteiger partial charge on any atom is 0.270 e. The number of rotatable bonds is 4. The highest BCUT2D eigenvalue weighted by atomic mass is 19.1. The van der Waals surface area contributed by atoms with Crippen molar-refractivity contribution in [2.45, 2.75) is 25.2 Å². The quantitative estimate of drug-likeness (QED) is 0.729. The number of halogens is 1. The van der Waals surface area contributed by atoms with Crippen molar-refractivity contribution >= 4 is 22.7 Å². The predicted molar refractivity (Wildman–Crippen MR) is 91.2 cm³/mol. The number of hydrogen-bond donors (Lipinski definition) is 2. The summed E-state index contributed by atoms with van der Waals surface area (Å²) in [5.41, 5.74) is 6.55. The van der Waals surface area contributed by atoms with Gasteiger partial charge in [0.25, 0.3) is 11.8 Å². The molecule has 2 amide bonds. The Hall–Kier alpha value is -3.23. The molecule has 2 atom stereocenters. The highest BCUT2D eigenvalue weighted by molar-refractivity contribution is 5.98. The minimum absolute atomic E-state index is 0.0314. The molecule has 3 N–H and O–H groups in total. The molecule has 0 spiro atoms. The maximum absolute atomic E-state index is 14.0. The average Bonchev–Trinajstić information content (AvgIpc) is 3.33. The molecule has 2 aromatic heterocycles. The fraction of sp³-hybridized carbons (Fsp3) is 0.294. The minimum atomic E-state index is -1.10. The first kappa shape index (κ1) is 16.2. The van der Waals surface area contributed by atoms with Gasteiger partial charge in [-0.05, 0) is 23.6 Å². The van der Waals surface area contributed by atoms with Crippen LogP contribution in [-0.4, -0.2) is 55.5 Å². The normalized spacial score (nSPS) is 20.0. The van der Waals surface area contributed by atoms with E-state index in [0.717, 1.165) is 10.9 Å². The Morgan fingerprint density at radius 1 is 1.35 bits per heavy atom. The van der Waals surface area contributed by atoms with Gasteiger partial charge in [0.2, 0.25) is 0 Å². The number of nitrogens with one attached hydrogen (secondary N) is 1. The summed E-state index contributed by atoms with van der Waals surface area (Å²) >= 11 is 0. The van der Waals surface area contributed by atoms with Crippen molar-refractivity contribution in [2.24, 2.45) is 5.73 Å². The van der Waals surface area contributed by atoms with Crippen LogP contribution in [0.2, 0.25) is 0 Å². The number of aromatic amines is 1. The summed E-state index contributed by atoms with van der Waals surface area (Å²) in [7, 11) is 0. The number of carbonyl (C=O) groups is 2. The van der Waals surface area contributed by atoms with Crippen molar-refractivity contribution in [3.63, 3.8) is 0 Å². The molecular formula is C17H17FN6O2. The number of benzene rings is 1. The topological polar surface area (TPSA) is 110 Å². The second-order valence-electron chi connectivity index (χ2n) is 6.41. The van der Waals surface area contributed by atoms with Crippen molar-refractivity contribution in [2.75, 3.05) is 6.54 Å². The lowest BCUT2D eigenvalue weighted by Gasteiger charge is -2.24. The van der Waals surface area contributed by atoms with Gasteiger partial charge in [-0.1, -0.05) is 11.3 Å². The molecule has 1 aromatic carbocycles. The molecule has 8 nitrogen and oxygen atoms in total. The van der Waals surface area contributed by atoms with E-state index in [1.807, 2.05) is 12.1 Å². The van der Waals surface area contributed by atoms with E-state index in [1.165, 1.54) is 15.8 Å². The van der Waals surface area contributed by atoms with Gasteiger partial charge < -0.3 is 15.6 Å². The van der Waals surface area contributed by atoms with Crippen molar-refractivity contribution in [3.8, 4) is 0 Å². The second kappa shape index (κ2) is 6.25. The summed E-state index contributed by atoms with van der Waals surface area (Å²) in [6.45, 7) is 0.279. The molecule has 0 aliphatic carbocycles. The summed E-state index contributed by atoms with van der Waals surface area (Å²) in [6.07, 6.45) is 2.32. The Bertz CT molecular complexity index is 980. The van der Waals surface area contributed by atoms with Crippen LogP contribution in [-0.2, 0) is 6.54 Å². The van der Waals surface area contributed by atoms with Crippen LogP contribution in [0.4, 0.5) is 4.39 Å². The summed E-state index contributed by atoms with van der Waals surface area (Å²) in [5.74, 6) is -0.917. The SMILES string of the molecule is NC(=O)c1cn(CC2CC(F)CN2C(=O)c2ccc3cc[nH]c3c2)nn1. The molecule has 9 heteroatoms. The molecule has 26 heavy (non-hydrogen) atoms. The molecule has 3 heterocycles. The van der Waals surface area contributed by atoms with Gasteiger partial charge in [0.05, 0.1) is 25.3 Å². The van der Waals surface area contributed by atoms with E-state index in [2.05, 4.69) is 15.3 Å².